The molecule has 5 nitrogen and oxygen atoms in total. The summed E-state index contributed by atoms with van der Waals surface area (Å²) in [7, 11) is 0. The van der Waals surface area contributed by atoms with Crippen LogP contribution in [-0.4, -0.2) is 29.5 Å². The first-order valence-corrected chi connectivity index (χ1v) is 10.7. The number of phenols is 1. The average Bonchev–Trinajstić information content (AvgIpc) is 2.82. The van der Waals surface area contributed by atoms with E-state index < -0.39 is 17.8 Å². The van der Waals surface area contributed by atoms with Gasteiger partial charge in [-0.3, -0.25) is 0 Å². The summed E-state index contributed by atoms with van der Waals surface area (Å²) in [6.07, 6.45) is -2.89. The second-order valence-corrected chi connectivity index (χ2v) is 8.05. The number of rotatable bonds is 8. The van der Waals surface area contributed by atoms with E-state index in [0.29, 0.717) is 23.5 Å². The quantitative estimate of drug-likeness (QED) is 0.435. The molecule has 178 valence electrons. The van der Waals surface area contributed by atoms with Gasteiger partial charge in [0.1, 0.15) is 30.0 Å². The molecule has 4 rings (SSSR count). The highest BCUT2D eigenvalue weighted by molar-refractivity contribution is 5.70. The molecule has 0 saturated heterocycles. The van der Waals surface area contributed by atoms with Crippen molar-refractivity contribution in [1.82, 2.24) is 5.32 Å². The first-order valence-electron chi connectivity index (χ1n) is 10.7. The average molecular weight is 471 g/mol. The van der Waals surface area contributed by atoms with Crippen LogP contribution in [0.25, 0.3) is 5.57 Å². The molecular weight excluding hydrogens is 447 g/mol. The number of nitrogens with one attached hydrogen (secondary N) is 1. The number of alkyl halides is 3. The van der Waals surface area contributed by atoms with Gasteiger partial charge in [0.25, 0.3) is 0 Å². The SMILES string of the molecule is Oc1ccc(C2=COc3cc(OC[C@H](O)CNCc4cccc(C(F)(F)F)c4)ccc3C2)cc1. The number of allylic oxidation sites excluding steroid dienone is 1. The van der Waals surface area contributed by atoms with Crippen molar-refractivity contribution in [3.05, 3.63) is 95.2 Å². The number of ether oxygens (including phenoxy) is 2. The number of hydrogen-bond acceptors (Lipinski definition) is 5. The Morgan fingerprint density at radius 2 is 1.82 bits per heavy atom. The fourth-order valence-electron chi connectivity index (χ4n) is 3.60. The molecule has 0 spiro atoms. The smallest absolute Gasteiger partial charge is 0.416 e. The van der Waals surface area contributed by atoms with Crippen LogP contribution >= 0.6 is 0 Å². The van der Waals surface area contributed by atoms with E-state index in [1.165, 1.54) is 6.07 Å². The summed E-state index contributed by atoms with van der Waals surface area (Å²) in [4.78, 5) is 0. The summed E-state index contributed by atoms with van der Waals surface area (Å²) in [5, 5.41) is 22.6. The lowest BCUT2D eigenvalue weighted by Gasteiger charge is -2.19. The molecule has 1 heterocycles. The molecule has 3 N–H and O–H groups in total. The molecule has 0 amide bonds. The Morgan fingerprint density at radius 3 is 2.59 bits per heavy atom. The second-order valence-electron chi connectivity index (χ2n) is 8.05. The van der Waals surface area contributed by atoms with Crippen molar-refractivity contribution in [1.29, 1.82) is 0 Å². The highest BCUT2D eigenvalue weighted by Gasteiger charge is 2.30. The number of aliphatic hydroxyl groups excluding tert-OH is 1. The Labute approximate surface area is 195 Å². The highest BCUT2D eigenvalue weighted by Crippen LogP contribution is 2.34. The molecule has 1 atom stereocenters. The number of fused-ring (bicyclic) bond motifs is 1. The van der Waals surface area contributed by atoms with Crippen LogP contribution in [0.5, 0.6) is 17.2 Å². The highest BCUT2D eigenvalue weighted by atomic mass is 19.4. The molecule has 34 heavy (non-hydrogen) atoms. The molecule has 3 aromatic carbocycles. The van der Waals surface area contributed by atoms with E-state index in [1.54, 1.807) is 36.6 Å². The summed E-state index contributed by atoms with van der Waals surface area (Å²) < 4.78 is 49.8. The summed E-state index contributed by atoms with van der Waals surface area (Å²) in [6.45, 7) is 0.378. The van der Waals surface area contributed by atoms with Crippen molar-refractivity contribution in [3.8, 4) is 17.2 Å². The molecule has 0 aliphatic carbocycles. The minimum Gasteiger partial charge on any atom is -0.508 e. The molecule has 0 saturated carbocycles. The van der Waals surface area contributed by atoms with E-state index >= 15 is 0 Å². The fourth-order valence-corrected chi connectivity index (χ4v) is 3.60. The van der Waals surface area contributed by atoms with Gasteiger partial charge >= 0.3 is 6.18 Å². The van der Waals surface area contributed by atoms with Gasteiger partial charge < -0.3 is 25.0 Å². The van der Waals surface area contributed by atoms with Gasteiger partial charge in [0.2, 0.25) is 0 Å². The van der Waals surface area contributed by atoms with Crippen LogP contribution in [0.1, 0.15) is 22.3 Å². The summed E-state index contributed by atoms with van der Waals surface area (Å²) in [5.41, 5.74) is 2.72. The van der Waals surface area contributed by atoms with Gasteiger partial charge in [-0.2, -0.15) is 13.2 Å². The first kappa shape index (κ1) is 23.7. The summed E-state index contributed by atoms with van der Waals surface area (Å²) in [6, 6.07) is 17.4. The van der Waals surface area contributed by atoms with Gasteiger partial charge in [-0.25, -0.2) is 0 Å². The number of benzene rings is 3. The molecule has 0 bridgehead atoms. The standard InChI is InChI=1S/C26H24F3NO4/c27-26(28,29)21-3-1-2-17(10-21)13-30-14-23(32)16-33-24-9-6-19-11-20(15-34-25(19)12-24)18-4-7-22(31)8-5-18/h1-10,12,15,23,30-32H,11,13-14,16H2/t23-/m1/s1. The van der Waals surface area contributed by atoms with Gasteiger partial charge in [0.15, 0.2) is 0 Å². The monoisotopic (exact) mass is 471 g/mol. The van der Waals surface area contributed by atoms with Gasteiger partial charge in [-0.05, 0) is 46.5 Å². The Morgan fingerprint density at radius 1 is 1.03 bits per heavy atom. The van der Waals surface area contributed by atoms with Gasteiger partial charge in [-0.15, -0.1) is 0 Å². The zero-order valence-corrected chi connectivity index (χ0v) is 18.2. The second kappa shape index (κ2) is 10.2. The van der Waals surface area contributed by atoms with Crippen molar-refractivity contribution in [2.24, 2.45) is 0 Å². The van der Waals surface area contributed by atoms with Crippen LogP contribution in [0, 0.1) is 0 Å². The Kier molecular flexibility index (Phi) is 7.09. The Balaban J connectivity index is 1.25. The van der Waals surface area contributed by atoms with E-state index in [1.807, 2.05) is 18.2 Å². The molecular formula is C26H24F3NO4. The zero-order chi connectivity index (χ0) is 24.1. The van der Waals surface area contributed by atoms with Crippen LogP contribution in [0.2, 0.25) is 0 Å². The largest absolute Gasteiger partial charge is 0.508 e. The van der Waals surface area contributed by atoms with Crippen LogP contribution in [-0.2, 0) is 19.1 Å². The van der Waals surface area contributed by atoms with E-state index in [-0.39, 0.29) is 25.4 Å². The third-order valence-corrected chi connectivity index (χ3v) is 5.39. The van der Waals surface area contributed by atoms with E-state index in [4.69, 9.17) is 9.47 Å². The lowest BCUT2D eigenvalue weighted by molar-refractivity contribution is -0.137. The van der Waals surface area contributed by atoms with Crippen LogP contribution < -0.4 is 14.8 Å². The van der Waals surface area contributed by atoms with Gasteiger partial charge in [0, 0.05) is 25.6 Å². The maximum atomic E-state index is 12.8. The van der Waals surface area contributed by atoms with Crippen molar-refractivity contribution >= 4 is 5.57 Å². The Hall–Kier alpha value is -3.49. The van der Waals surface area contributed by atoms with Crippen molar-refractivity contribution in [3.63, 3.8) is 0 Å². The predicted molar refractivity (Wildman–Crippen MR) is 122 cm³/mol. The summed E-state index contributed by atoms with van der Waals surface area (Å²) in [5.74, 6) is 1.41. The van der Waals surface area contributed by atoms with E-state index in [2.05, 4.69) is 5.32 Å². The van der Waals surface area contributed by atoms with Gasteiger partial charge in [-0.1, -0.05) is 36.4 Å². The van der Waals surface area contributed by atoms with Crippen LogP contribution in [0.15, 0.2) is 73.0 Å². The minimum atomic E-state index is -4.38. The molecule has 0 aromatic heterocycles. The molecule has 1 aliphatic heterocycles. The molecule has 1 aliphatic rings. The maximum absolute atomic E-state index is 12.8. The van der Waals surface area contributed by atoms with Crippen molar-refractivity contribution in [2.45, 2.75) is 25.2 Å². The number of halogens is 3. The Bertz CT molecular complexity index is 1160. The lowest BCUT2D eigenvalue weighted by atomic mass is 9.97. The normalized spacial score (nSPS) is 14.1. The molecule has 0 unspecified atom stereocenters. The van der Waals surface area contributed by atoms with Crippen LogP contribution in [0.4, 0.5) is 13.2 Å². The van der Waals surface area contributed by atoms with E-state index in [9.17, 15) is 23.4 Å². The number of aliphatic hydroxyl groups is 1. The minimum absolute atomic E-state index is 0.0168. The number of aromatic hydroxyl groups is 1. The zero-order valence-electron chi connectivity index (χ0n) is 18.2. The van der Waals surface area contributed by atoms with Crippen LogP contribution in [0.3, 0.4) is 0 Å². The topological polar surface area (TPSA) is 71.0 Å². The lowest BCUT2D eigenvalue weighted by Crippen LogP contribution is -2.31. The molecule has 3 aromatic rings. The first-order chi connectivity index (χ1) is 16.3. The number of phenolic OH excluding ortho intramolecular Hbond substituents is 1. The number of hydrogen-bond donors (Lipinski definition) is 3. The third kappa shape index (κ3) is 6.09. The van der Waals surface area contributed by atoms with Crippen molar-refractivity contribution < 1.29 is 32.9 Å². The molecule has 0 fully saturated rings. The van der Waals surface area contributed by atoms with Gasteiger partial charge in [0.05, 0.1) is 11.8 Å². The van der Waals surface area contributed by atoms with E-state index in [0.717, 1.165) is 28.8 Å². The summed E-state index contributed by atoms with van der Waals surface area (Å²) >= 11 is 0. The fraction of sp³-hybridized carbons (Fsp3) is 0.231. The third-order valence-electron chi connectivity index (χ3n) is 5.39. The molecule has 0 radical (unpaired) electrons. The molecule has 8 heteroatoms. The predicted octanol–water partition coefficient (Wildman–Crippen LogP) is 4.92. The van der Waals surface area contributed by atoms with Crippen molar-refractivity contribution in [2.75, 3.05) is 13.2 Å². The maximum Gasteiger partial charge on any atom is 0.416 e.